The van der Waals surface area contributed by atoms with Gasteiger partial charge in [0.1, 0.15) is 6.61 Å². The summed E-state index contributed by atoms with van der Waals surface area (Å²) in [5.74, 6) is 1.36. The fourth-order valence-electron chi connectivity index (χ4n) is 3.12. The number of hydrogen-bond acceptors (Lipinski definition) is 4. The first-order valence-electron chi connectivity index (χ1n) is 9.55. The molecule has 0 saturated carbocycles. The van der Waals surface area contributed by atoms with Crippen molar-refractivity contribution in [3.05, 3.63) is 93.5 Å². The zero-order valence-corrected chi connectivity index (χ0v) is 18.3. The minimum Gasteiger partial charge on any atom is -0.493 e. The standard InChI is InChI=1S/C24H26BrNO3/c1-17-7-6-8-18(11-17)16-29-24-21(25)12-19(13-23(24)28-2)14-26-15-22(27)20-9-4-3-5-10-20/h3-13,22,26-27H,14-16H2,1-2H3. The summed E-state index contributed by atoms with van der Waals surface area (Å²) < 4.78 is 12.4. The molecule has 29 heavy (non-hydrogen) atoms. The molecule has 0 aromatic heterocycles. The van der Waals surface area contributed by atoms with Gasteiger partial charge < -0.3 is 19.9 Å². The van der Waals surface area contributed by atoms with E-state index in [0.717, 1.165) is 21.2 Å². The molecule has 3 rings (SSSR count). The molecule has 0 aliphatic heterocycles. The molecule has 0 heterocycles. The van der Waals surface area contributed by atoms with Gasteiger partial charge in [0.05, 0.1) is 17.7 Å². The Kier molecular flexibility index (Phi) is 7.69. The fourth-order valence-corrected chi connectivity index (χ4v) is 3.72. The van der Waals surface area contributed by atoms with Gasteiger partial charge >= 0.3 is 0 Å². The predicted octanol–water partition coefficient (Wildman–Crippen LogP) is 5.17. The van der Waals surface area contributed by atoms with Gasteiger partial charge in [0, 0.05) is 13.1 Å². The molecule has 0 radical (unpaired) electrons. The largest absolute Gasteiger partial charge is 0.493 e. The maximum atomic E-state index is 10.3. The Labute approximate surface area is 180 Å². The molecule has 0 spiro atoms. The van der Waals surface area contributed by atoms with Crippen molar-refractivity contribution >= 4 is 15.9 Å². The lowest BCUT2D eigenvalue weighted by Gasteiger charge is -2.16. The Bertz CT molecular complexity index is 931. The van der Waals surface area contributed by atoms with E-state index in [1.807, 2.05) is 54.6 Å². The minimum absolute atomic E-state index is 0.468. The Morgan fingerprint density at radius 3 is 2.52 bits per heavy atom. The number of aliphatic hydroxyl groups is 1. The molecule has 5 heteroatoms. The third-order valence-electron chi connectivity index (χ3n) is 4.61. The van der Waals surface area contributed by atoms with Gasteiger partial charge in [0.15, 0.2) is 11.5 Å². The van der Waals surface area contributed by atoms with Gasteiger partial charge in [-0.25, -0.2) is 0 Å². The number of benzene rings is 3. The second kappa shape index (κ2) is 10.4. The van der Waals surface area contributed by atoms with E-state index in [0.29, 0.717) is 31.2 Å². The van der Waals surface area contributed by atoms with Crippen LogP contribution in [0.1, 0.15) is 28.4 Å². The quantitative estimate of drug-likeness (QED) is 0.467. The molecule has 3 aromatic rings. The van der Waals surface area contributed by atoms with Crippen LogP contribution >= 0.6 is 15.9 Å². The van der Waals surface area contributed by atoms with E-state index in [-0.39, 0.29) is 0 Å². The number of halogens is 1. The number of methoxy groups -OCH3 is 1. The highest BCUT2D eigenvalue weighted by atomic mass is 79.9. The van der Waals surface area contributed by atoms with E-state index in [9.17, 15) is 5.11 Å². The van der Waals surface area contributed by atoms with Gasteiger partial charge in [-0.05, 0) is 51.7 Å². The highest BCUT2D eigenvalue weighted by molar-refractivity contribution is 9.10. The molecule has 0 amide bonds. The zero-order chi connectivity index (χ0) is 20.6. The van der Waals surface area contributed by atoms with Crippen LogP contribution < -0.4 is 14.8 Å². The Balaban J connectivity index is 1.61. The predicted molar refractivity (Wildman–Crippen MR) is 119 cm³/mol. The summed E-state index contributed by atoms with van der Waals surface area (Å²) in [6.07, 6.45) is -0.543. The van der Waals surface area contributed by atoms with Crippen LogP contribution in [0.4, 0.5) is 0 Å². The maximum absolute atomic E-state index is 10.3. The van der Waals surface area contributed by atoms with Crippen molar-refractivity contribution < 1.29 is 14.6 Å². The van der Waals surface area contributed by atoms with Crippen molar-refractivity contribution in [1.82, 2.24) is 5.32 Å². The van der Waals surface area contributed by atoms with Gasteiger partial charge in [0.2, 0.25) is 0 Å². The van der Waals surface area contributed by atoms with Crippen LogP contribution in [0.15, 0.2) is 71.2 Å². The van der Waals surface area contributed by atoms with E-state index in [4.69, 9.17) is 9.47 Å². The molecule has 1 atom stereocenters. The monoisotopic (exact) mass is 455 g/mol. The highest BCUT2D eigenvalue weighted by Gasteiger charge is 2.13. The third kappa shape index (κ3) is 6.07. The van der Waals surface area contributed by atoms with Crippen molar-refractivity contribution in [2.45, 2.75) is 26.2 Å². The Hall–Kier alpha value is -2.34. The summed E-state index contributed by atoms with van der Waals surface area (Å²) >= 11 is 3.60. The lowest BCUT2D eigenvalue weighted by Crippen LogP contribution is -2.21. The number of rotatable bonds is 9. The molecule has 152 valence electrons. The van der Waals surface area contributed by atoms with Crippen LogP contribution in [-0.2, 0) is 13.2 Å². The average molecular weight is 456 g/mol. The topological polar surface area (TPSA) is 50.7 Å². The lowest BCUT2D eigenvalue weighted by molar-refractivity contribution is 0.174. The SMILES string of the molecule is COc1cc(CNCC(O)c2ccccc2)cc(Br)c1OCc1cccc(C)c1. The molecule has 0 bridgehead atoms. The lowest BCUT2D eigenvalue weighted by atomic mass is 10.1. The van der Waals surface area contributed by atoms with Gasteiger partial charge in [-0.3, -0.25) is 0 Å². The van der Waals surface area contributed by atoms with Crippen molar-refractivity contribution in [2.75, 3.05) is 13.7 Å². The molecule has 0 saturated heterocycles. The summed E-state index contributed by atoms with van der Waals surface area (Å²) in [5.41, 5.74) is 4.26. The fraction of sp³-hybridized carbons (Fsp3) is 0.250. The van der Waals surface area contributed by atoms with Crippen LogP contribution in [0.2, 0.25) is 0 Å². The van der Waals surface area contributed by atoms with Gasteiger partial charge in [0.25, 0.3) is 0 Å². The summed E-state index contributed by atoms with van der Waals surface area (Å²) in [6.45, 7) is 3.61. The van der Waals surface area contributed by atoms with Crippen molar-refractivity contribution in [3.63, 3.8) is 0 Å². The first kappa shape index (κ1) is 21.4. The smallest absolute Gasteiger partial charge is 0.175 e. The number of ether oxygens (including phenoxy) is 2. The molecule has 1 unspecified atom stereocenters. The number of nitrogens with one attached hydrogen (secondary N) is 1. The van der Waals surface area contributed by atoms with Crippen LogP contribution in [0.3, 0.4) is 0 Å². The molecular formula is C24H26BrNO3. The third-order valence-corrected chi connectivity index (χ3v) is 5.20. The average Bonchev–Trinajstić information content (AvgIpc) is 2.73. The summed E-state index contributed by atoms with van der Waals surface area (Å²) in [4.78, 5) is 0. The van der Waals surface area contributed by atoms with Crippen LogP contribution in [0.5, 0.6) is 11.5 Å². The van der Waals surface area contributed by atoms with Crippen molar-refractivity contribution in [1.29, 1.82) is 0 Å². The summed E-state index contributed by atoms with van der Waals surface area (Å²) in [6, 6.07) is 21.9. The van der Waals surface area contributed by atoms with Crippen LogP contribution in [0, 0.1) is 6.92 Å². The molecule has 3 aromatic carbocycles. The zero-order valence-electron chi connectivity index (χ0n) is 16.7. The Morgan fingerprint density at radius 2 is 1.79 bits per heavy atom. The van der Waals surface area contributed by atoms with Gasteiger partial charge in [-0.2, -0.15) is 0 Å². The van der Waals surface area contributed by atoms with E-state index in [1.165, 1.54) is 5.56 Å². The van der Waals surface area contributed by atoms with E-state index in [2.05, 4.69) is 40.3 Å². The Morgan fingerprint density at radius 1 is 1.00 bits per heavy atom. The summed E-state index contributed by atoms with van der Waals surface area (Å²) in [5, 5.41) is 13.6. The minimum atomic E-state index is -0.543. The molecule has 0 fully saturated rings. The van der Waals surface area contributed by atoms with Gasteiger partial charge in [-0.1, -0.05) is 60.2 Å². The number of hydrogen-bond donors (Lipinski definition) is 2. The second-order valence-corrected chi connectivity index (χ2v) is 7.80. The number of aliphatic hydroxyl groups excluding tert-OH is 1. The second-order valence-electron chi connectivity index (χ2n) is 6.94. The normalized spacial score (nSPS) is 11.9. The molecular weight excluding hydrogens is 430 g/mol. The molecule has 2 N–H and O–H groups in total. The van der Waals surface area contributed by atoms with Crippen LogP contribution in [0.25, 0.3) is 0 Å². The van der Waals surface area contributed by atoms with Crippen molar-refractivity contribution in [3.8, 4) is 11.5 Å². The van der Waals surface area contributed by atoms with E-state index >= 15 is 0 Å². The number of aryl methyl sites for hydroxylation is 1. The molecule has 0 aliphatic rings. The first-order valence-corrected chi connectivity index (χ1v) is 10.3. The molecule has 4 nitrogen and oxygen atoms in total. The molecule has 0 aliphatic carbocycles. The van der Waals surface area contributed by atoms with Crippen LogP contribution in [-0.4, -0.2) is 18.8 Å². The van der Waals surface area contributed by atoms with Crippen molar-refractivity contribution in [2.24, 2.45) is 0 Å². The van der Waals surface area contributed by atoms with E-state index < -0.39 is 6.10 Å². The summed E-state index contributed by atoms with van der Waals surface area (Å²) in [7, 11) is 1.64. The highest BCUT2D eigenvalue weighted by Crippen LogP contribution is 2.37. The first-order chi connectivity index (χ1) is 14.1. The van der Waals surface area contributed by atoms with E-state index in [1.54, 1.807) is 7.11 Å². The maximum Gasteiger partial charge on any atom is 0.175 e. The van der Waals surface area contributed by atoms with Gasteiger partial charge in [-0.15, -0.1) is 0 Å².